The second-order valence-electron chi connectivity index (χ2n) is 7.71. The van der Waals surface area contributed by atoms with E-state index in [-0.39, 0.29) is 23.0 Å². The molecule has 1 heterocycles. The average molecular weight is 357 g/mol. The fourth-order valence-electron chi connectivity index (χ4n) is 3.39. The molecule has 26 heavy (non-hydrogen) atoms. The molecule has 1 aromatic carbocycles. The fraction of sp³-hybridized carbons (Fsp3) is 0.545. The van der Waals surface area contributed by atoms with Gasteiger partial charge in [0.05, 0.1) is 11.6 Å². The third-order valence-electron chi connectivity index (χ3n) is 5.01. The van der Waals surface area contributed by atoms with Gasteiger partial charge in [-0.25, -0.2) is 0 Å². The predicted octanol–water partition coefficient (Wildman–Crippen LogP) is 4.92. The van der Waals surface area contributed by atoms with E-state index in [2.05, 4.69) is 20.8 Å². The van der Waals surface area contributed by atoms with Crippen molar-refractivity contribution in [1.82, 2.24) is 4.90 Å². The summed E-state index contributed by atoms with van der Waals surface area (Å²) in [5.41, 5.74) is 2.34. The highest BCUT2D eigenvalue weighted by molar-refractivity contribution is 6.09. The van der Waals surface area contributed by atoms with Crippen molar-refractivity contribution in [2.75, 3.05) is 6.54 Å². The molecule has 1 aromatic rings. The van der Waals surface area contributed by atoms with E-state index < -0.39 is 11.9 Å². The molecule has 0 aromatic heterocycles. The molecule has 0 fully saturated rings. The smallest absolute Gasteiger partial charge is 0.290 e. The standard InChI is InChI=1S/C22H31NO3/c1-6-7-8-13-23-19(17-11-9-16(10-12-17)14(2)3)18(20(24)15(4)5)21(25)22(23)26/h9-12,14-15,19,25H,6-8,13H2,1-5H3. The molecule has 2 rings (SSSR count). The van der Waals surface area contributed by atoms with Gasteiger partial charge >= 0.3 is 0 Å². The number of Topliss-reactive ketones (excluding diaryl/α,β-unsaturated/α-hetero) is 1. The van der Waals surface area contributed by atoms with Crippen molar-refractivity contribution >= 4 is 11.7 Å². The largest absolute Gasteiger partial charge is 0.503 e. The van der Waals surface area contributed by atoms with Gasteiger partial charge in [0.25, 0.3) is 5.91 Å². The maximum absolute atomic E-state index is 12.7. The number of ketones is 1. The first-order chi connectivity index (χ1) is 12.3. The van der Waals surface area contributed by atoms with Gasteiger partial charge in [-0.2, -0.15) is 0 Å². The van der Waals surface area contributed by atoms with E-state index in [1.54, 1.807) is 18.7 Å². The Labute approximate surface area is 156 Å². The van der Waals surface area contributed by atoms with Crippen molar-refractivity contribution in [1.29, 1.82) is 0 Å². The lowest BCUT2D eigenvalue weighted by atomic mass is 9.90. The summed E-state index contributed by atoms with van der Waals surface area (Å²) in [5, 5.41) is 10.4. The Morgan fingerprint density at radius 1 is 1.12 bits per heavy atom. The number of carbonyl (C=O) groups excluding carboxylic acids is 2. The van der Waals surface area contributed by atoms with E-state index in [1.807, 2.05) is 24.3 Å². The molecule has 4 heteroatoms. The first-order valence-electron chi connectivity index (χ1n) is 9.67. The van der Waals surface area contributed by atoms with Crippen LogP contribution in [-0.4, -0.2) is 28.2 Å². The summed E-state index contributed by atoms with van der Waals surface area (Å²) in [4.78, 5) is 27.1. The predicted molar refractivity (Wildman–Crippen MR) is 104 cm³/mol. The SMILES string of the molecule is CCCCCN1C(=O)C(O)=C(C(=O)C(C)C)C1c1ccc(C(C)C)cc1. The van der Waals surface area contributed by atoms with Gasteiger partial charge in [0.2, 0.25) is 0 Å². The molecule has 1 N–H and O–H groups in total. The Bertz CT molecular complexity index is 686. The van der Waals surface area contributed by atoms with Crippen LogP contribution in [0, 0.1) is 5.92 Å². The van der Waals surface area contributed by atoms with Crippen molar-refractivity contribution < 1.29 is 14.7 Å². The molecule has 0 spiro atoms. The highest BCUT2D eigenvalue weighted by Crippen LogP contribution is 2.39. The molecule has 4 nitrogen and oxygen atoms in total. The average Bonchev–Trinajstić information content (AvgIpc) is 2.86. The van der Waals surface area contributed by atoms with E-state index in [1.165, 1.54) is 5.56 Å². The number of nitrogens with zero attached hydrogens (tertiary/aromatic N) is 1. The Balaban J connectivity index is 2.44. The first kappa shape index (κ1) is 20.2. The van der Waals surface area contributed by atoms with Gasteiger partial charge in [-0.15, -0.1) is 0 Å². The van der Waals surface area contributed by atoms with Crippen molar-refractivity contribution in [3.63, 3.8) is 0 Å². The Hall–Kier alpha value is -2.10. The van der Waals surface area contributed by atoms with Gasteiger partial charge in [-0.05, 0) is 23.5 Å². The monoisotopic (exact) mass is 357 g/mol. The van der Waals surface area contributed by atoms with E-state index >= 15 is 0 Å². The van der Waals surface area contributed by atoms with Crippen LogP contribution in [0.25, 0.3) is 0 Å². The summed E-state index contributed by atoms with van der Waals surface area (Å²) in [6.07, 6.45) is 2.92. The van der Waals surface area contributed by atoms with Crippen LogP contribution in [0.15, 0.2) is 35.6 Å². The molecule has 142 valence electrons. The third-order valence-corrected chi connectivity index (χ3v) is 5.01. The lowest BCUT2D eigenvalue weighted by Crippen LogP contribution is -2.32. The zero-order valence-electron chi connectivity index (χ0n) is 16.6. The van der Waals surface area contributed by atoms with Crippen LogP contribution < -0.4 is 0 Å². The summed E-state index contributed by atoms with van der Waals surface area (Å²) in [6.45, 7) is 10.5. The number of unbranched alkanes of at least 4 members (excludes halogenated alkanes) is 2. The molecule has 1 aliphatic heterocycles. The molecular weight excluding hydrogens is 326 g/mol. The number of aliphatic hydroxyl groups excluding tert-OH is 1. The van der Waals surface area contributed by atoms with Crippen molar-refractivity contribution in [3.8, 4) is 0 Å². The minimum absolute atomic E-state index is 0.160. The minimum Gasteiger partial charge on any atom is -0.503 e. The molecule has 0 saturated heterocycles. The Kier molecular flexibility index (Phi) is 6.63. The van der Waals surface area contributed by atoms with Crippen molar-refractivity contribution in [2.24, 2.45) is 5.92 Å². The molecule has 0 radical (unpaired) electrons. The fourth-order valence-corrected chi connectivity index (χ4v) is 3.39. The van der Waals surface area contributed by atoms with E-state index in [9.17, 15) is 14.7 Å². The Morgan fingerprint density at radius 3 is 2.23 bits per heavy atom. The van der Waals surface area contributed by atoms with Crippen LogP contribution in [0.5, 0.6) is 0 Å². The second-order valence-corrected chi connectivity index (χ2v) is 7.71. The molecule has 1 amide bonds. The van der Waals surface area contributed by atoms with Crippen LogP contribution in [0.3, 0.4) is 0 Å². The molecule has 0 saturated carbocycles. The van der Waals surface area contributed by atoms with Gasteiger partial charge in [0.1, 0.15) is 0 Å². The van der Waals surface area contributed by atoms with Gasteiger partial charge in [-0.1, -0.05) is 71.7 Å². The van der Waals surface area contributed by atoms with Crippen LogP contribution in [0.1, 0.15) is 77.0 Å². The van der Waals surface area contributed by atoms with Crippen LogP contribution in [-0.2, 0) is 9.59 Å². The van der Waals surface area contributed by atoms with Gasteiger partial charge in [0, 0.05) is 12.5 Å². The zero-order chi connectivity index (χ0) is 19.4. The van der Waals surface area contributed by atoms with Gasteiger partial charge in [-0.3, -0.25) is 9.59 Å². The zero-order valence-corrected chi connectivity index (χ0v) is 16.6. The normalized spacial score (nSPS) is 17.7. The van der Waals surface area contributed by atoms with Gasteiger partial charge in [0.15, 0.2) is 11.5 Å². The maximum Gasteiger partial charge on any atom is 0.290 e. The van der Waals surface area contributed by atoms with Crippen LogP contribution in [0.4, 0.5) is 0 Å². The quantitative estimate of drug-likeness (QED) is 0.672. The lowest BCUT2D eigenvalue weighted by Gasteiger charge is -2.27. The van der Waals surface area contributed by atoms with E-state index in [0.29, 0.717) is 12.5 Å². The van der Waals surface area contributed by atoms with Crippen molar-refractivity contribution in [3.05, 3.63) is 46.7 Å². The summed E-state index contributed by atoms with van der Waals surface area (Å²) < 4.78 is 0. The molecule has 0 bridgehead atoms. The second kappa shape index (κ2) is 8.52. The highest BCUT2D eigenvalue weighted by atomic mass is 16.3. The lowest BCUT2D eigenvalue weighted by molar-refractivity contribution is -0.129. The number of hydrogen-bond donors (Lipinski definition) is 1. The minimum atomic E-state index is -0.490. The molecule has 1 unspecified atom stereocenters. The molecular formula is C22H31NO3. The molecule has 1 aliphatic rings. The number of benzene rings is 1. The van der Waals surface area contributed by atoms with E-state index in [0.717, 1.165) is 24.8 Å². The molecule has 0 aliphatic carbocycles. The summed E-state index contributed by atoms with van der Waals surface area (Å²) >= 11 is 0. The number of hydrogen-bond acceptors (Lipinski definition) is 3. The van der Waals surface area contributed by atoms with Crippen LogP contribution in [0.2, 0.25) is 0 Å². The topological polar surface area (TPSA) is 57.6 Å². The highest BCUT2D eigenvalue weighted by Gasteiger charge is 2.43. The third kappa shape index (κ3) is 4.00. The molecule has 1 atom stereocenters. The summed E-state index contributed by atoms with van der Waals surface area (Å²) in [5.74, 6) is -0.823. The van der Waals surface area contributed by atoms with Crippen molar-refractivity contribution in [2.45, 2.75) is 65.8 Å². The van der Waals surface area contributed by atoms with Crippen LogP contribution >= 0.6 is 0 Å². The summed E-state index contributed by atoms with van der Waals surface area (Å²) in [6, 6.07) is 7.55. The first-order valence-corrected chi connectivity index (χ1v) is 9.67. The Morgan fingerprint density at radius 2 is 1.73 bits per heavy atom. The number of aliphatic hydroxyl groups is 1. The van der Waals surface area contributed by atoms with E-state index in [4.69, 9.17) is 0 Å². The number of carbonyl (C=O) groups is 2. The van der Waals surface area contributed by atoms with Gasteiger partial charge < -0.3 is 10.0 Å². The number of rotatable bonds is 8. The summed E-state index contributed by atoms with van der Waals surface area (Å²) in [7, 11) is 0. The maximum atomic E-state index is 12.7. The number of amides is 1.